The summed E-state index contributed by atoms with van der Waals surface area (Å²) < 4.78 is 8.87. The maximum atomic E-state index is 11.3. The number of hydrogen-bond donors (Lipinski definition) is 3. The lowest BCUT2D eigenvalue weighted by Gasteiger charge is -2.19. The Kier molecular flexibility index (Phi) is 4.59. The van der Waals surface area contributed by atoms with Crippen molar-refractivity contribution in [3.8, 4) is 0 Å². The van der Waals surface area contributed by atoms with Crippen LogP contribution in [0.3, 0.4) is 0 Å². The van der Waals surface area contributed by atoms with Crippen molar-refractivity contribution in [3.05, 3.63) is 24.2 Å². The molecule has 1 atom stereocenters. The van der Waals surface area contributed by atoms with Crippen LogP contribution in [-0.2, 0) is 19.1 Å². The Labute approximate surface area is 111 Å². The molecule has 0 aliphatic rings. The Balaban J connectivity index is 2.70. The summed E-state index contributed by atoms with van der Waals surface area (Å²) in [5.41, 5.74) is -2.85. The Bertz CT molecular complexity index is 530. The molecule has 0 saturated heterocycles. The van der Waals surface area contributed by atoms with Crippen molar-refractivity contribution in [1.29, 1.82) is 0 Å². The monoisotopic (exact) mass is 286 g/mol. The number of carboxylic acid groups (broad SMARTS) is 2. The number of aliphatic hydroxyl groups is 1. The number of carboxylic acids is 2. The SMILES string of the molecule is O=C(O)CC(O)(CC(=O)OC(=O)c1ccco1)C(=O)O. The molecule has 3 N–H and O–H groups in total. The number of esters is 2. The van der Waals surface area contributed by atoms with Crippen molar-refractivity contribution >= 4 is 23.9 Å². The van der Waals surface area contributed by atoms with Crippen LogP contribution in [0.2, 0.25) is 0 Å². The first-order valence-corrected chi connectivity index (χ1v) is 5.20. The molecule has 9 nitrogen and oxygen atoms in total. The van der Waals surface area contributed by atoms with Gasteiger partial charge in [-0.1, -0.05) is 0 Å². The van der Waals surface area contributed by atoms with Gasteiger partial charge in [0.25, 0.3) is 0 Å². The van der Waals surface area contributed by atoms with Crippen molar-refractivity contribution in [3.63, 3.8) is 0 Å². The van der Waals surface area contributed by atoms with Crippen LogP contribution in [-0.4, -0.2) is 44.8 Å². The van der Waals surface area contributed by atoms with Gasteiger partial charge in [-0.05, 0) is 12.1 Å². The average molecular weight is 286 g/mol. The molecule has 108 valence electrons. The number of furan rings is 1. The van der Waals surface area contributed by atoms with Crippen LogP contribution in [0, 0.1) is 0 Å². The van der Waals surface area contributed by atoms with Gasteiger partial charge < -0.3 is 24.5 Å². The van der Waals surface area contributed by atoms with E-state index in [9.17, 15) is 24.3 Å². The van der Waals surface area contributed by atoms with E-state index < -0.39 is 42.3 Å². The van der Waals surface area contributed by atoms with E-state index in [2.05, 4.69) is 9.15 Å². The summed E-state index contributed by atoms with van der Waals surface area (Å²) in [7, 11) is 0. The van der Waals surface area contributed by atoms with E-state index >= 15 is 0 Å². The van der Waals surface area contributed by atoms with Gasteiger partial charge in [0.05, 0.1) is 19.1 Å². The minimum Gasteiger partial charge on any atom is -0.481 e. The van der Waals surface area contributed by atoms with Crippen LogP contribution in [0.1, 0.15) is 23.4 Å². The summed E-state index contributed by atoms with van der Waals surface area (Å²) in [6, 6.07) is 2.56. The maximum absolute atomic E-state index is 11.3. The smallest absolute Gasteiger partial charge is 0.381 e. The van der Waals surface area contributed by atoms with E-state index in [4.69, 9.17) is 10.2 Å². The summed E-state index contributed by atoms with van der Waals surface area (Å²) in [6.45, 7) is 0. The molecular weight excluding hydrogens is 276 g/mol. The molecule has 1 heterocycles. The van der Waals surface area contributed by atoms with Gasteiger partial charge in [-0.2, -0.15) is 0 Å². The number of hydrogen-bond acceptors (Lipinski definition) is 7. The molecule has 1 aromatic rings. The summed E-state index contributed by atoms with van der Waals surface area (Å²) in [6.07, 6.45) is -1.26. The van der Waals surface area contributed by atoms with Crippen LogP contribution in [0.4, 0.5) is 0 Å². The maximum Gasteiger partial charge on any atom is 0.381 e. The van der Waals surface area contributed by atoms with Crippen LogP contribution >= 0.6 is 0 Å². The van der Waals surface area contributed by atoms with E-state index in [0.29, 0.717) is 0 Å². The molecule has 0 fully saturated rings. The topological polar surface area (TPSA) is 151 Å². The lowest BCUT2D eigenvalue weighted by Crippen LogP contribution is -2.43. The van der Waals surface area contributed by atoms with Gasteiger partial charge in [-0.3, -0.25) is 9.59 Å². The van der Waals surface area contributed by atoms with Crippen LogP contribution < -0.4 is 0 Å². The number of aliphatic carboxylic acids is 2. The molecule has 1 unspecified atom stereocenters. The lowest BCUT2D eigenvalue weighted by atomic mass is 9.96. The molecule has 0 spiro atoms. The molecule has 0 aliphatic heterocycles. The van der Waals surface area contributed by atoms with Gasteiger partial charge in [0, 0.05) is 0 Å². The van der Waals surface area contributed by atoms with Crippen molar-refractivity contribution < 1.29 is 43.7 Å². The Morgan fingerprint density at radius 2 is 1.85 bits per heavy atom. The summed E-state index contributed by atoms with van der Waals surface area (Å²) >= 11 is 0. The number of carbonyl (C=O) groups excluding carboxylic acids is 2. The molecule has 0 saturated carbocycles. The Morgan fingerprint density at radius 1 is 1.20 bits per heavy atom. The summed E-state index contributed by atoms with van der Waals surface area (Å²) in [4.78, 5) is 43.9. The largest absolute Gasteiger partial charge is 0.481 e. The molecule has 20 heavy (non-hydrogen) atoms. The Hall–Kier alpha value is -2.68. The standard InChI is InChI=1S/C11H10O9/c12-7(13)4-11(18,10(16)17)5-8(14)20-9(15)6-2-1-3-19-6/h1-3,18H,4-5H2,(H,12,13)(H,16,17). The molecule has 1 aromatic heterocycles. The number of ether oxygens (including phenoxy) is 1. The predicted molar refractivity (Wildman–Crippen MR) is 58.6 cm³/mol. The highest BCUT2D eigenvalue weighted by atomic mass is 16.6. The van der Waals surface area contributed by atoms with E-state index in [1.807, 2.05) is 0 Å². The normalized spacial score (nSPS) is 13.2. The van der Waals surface area contributed by atoms with Crippen LogP contribution in [0.5, 0.6) is 0 Å². The number of carbonyl (C=O) groups is 4. The molecule has 1 rings (SSSR count). The van der Waals surface area contributed by atoms with Crippen LogP contribution in [0.15, 0.2) is 22.8 Å². The second kappa shape index (κ2) is 5.97. The van der Waals surface area contributed by atoms with Crippen molar-refractivity contribution in [2.24, 2.45) is 0 Å². The van der Waals surface area contributed by atoms with E-state index in [1.165, 1.54) is 12.1 Å². The molecule has 0 aromatic carbocycles. The number of rotatable bonds is 6. The fraction of sp³-hybridized carbons (Fsp3) is 0.273. The molecule has 0 aliphatic carbocycles. The molecule has 9 heteroatoms. The molecule has 0 bridgehead atoms. The summed E-state index contributed by atoms with van der Waals surface area (Å²) in [5.74, 6) is -6.40. The second-order valence-electron chi connectivity index (χ2n) is 3.82. The zero-order valence-electron chi connectivity index (χ0n) is 9.94. The zero-order valence-corrected chi connectivity index (χ0v) is 9.94. The minimum atomic E-state index is -2.85. The van der Waals surface area contributed by atoms with Gasteiger partial charge in [0.15, 0.2) is 5.60 Å². The van der Waals surface area contributed by atoms with E-state index in [0.717, 1.165) is 6.26 Å². The highest BCUT2D eigenvalue weighted by Gasteiger charge is 2.42. The first-order chi connectivity index (χ1) is 9.24. The van der Waals surface area contributed by atoms with Gasteiger partial charge >= 0.3 is 23.9 Å². The highest BCUT2D eigenvalue weighted by Crippen LogP contribution is 2.17. The fourth-order valence-electron chi connectivity index (χ4n) is 1.29. The lowest BCUT2D eigenvalue weighted by molar-refractivity contribution is -0.170. The van der Waals surface area contributed by atoms with Crippen LogP contribution in [0.25, 0.3) is 0 Å². The second-order valence-corrected chi connectivity index (χ2v) is 3.82. The third kappa shape index (κ3) is 3.92. The quantitative estimate of drug-likeness (QED) is 0.470. The van der Waals surface area contributed by atoms with Crippen molar-refractivity contribution in [2.45, 2.75) is 18.4 Å². The van der Waals surface area contributed by atoms with Crippen molar-refractivity contribution in [2.75, 3.05) is 0 Å². The Morgan fingerprint density at radius 3 is 2.30 bits per heavy atom. The zero-order chi connectivity index (χ0) is 15.3. The first kappa shape index (κ1) is 15.4. The summed E-state index contributed by atoms with van der Waals surface area (Å²) in [5, 5.41) is 26.8. The first-order valence-electron chi connectivity index (χ1n) is 5.20. The van der Waals surface area contributed by atoms with Gasteiger partial charge in [0.2, 0.25) is 5.76 Å². The fourth-order valence-corrected chi connectivity index (χ4v) is 1.29. The van der Waals surface area contributed by atoms with Gasteiger partial charge in [0.1, 0.15) is 0 Å². The third-order valence-corrected chi connectivity index (χ3v) is 2.21. The van der Waals surface area contributed by atoms with Gasteiger partial charge in [-0.25, -0.2) is 9.59 Å². The third-order valence-electron chi connectivity index (χ3n) is 2.21. The van der Waals surface area contributed by atoms with E-state index in [1.54, 1.807) is 0 Å². The highest BCUT2D eigenvalue weighted by molar-refractivity contribution is 5.97. The average Bonchev–Trinajstić information content (AvgIpc) is 2.80. The minimum absolute atomic E-state index is 0.296. The molecule has 0 amide bonds. The predicted octanol–water partition coefficient (Wildman–Crippen LogP) is -0.356. The van der Waals surface area contributed by atoms with E-state index in [-0.39, 0.29) is 5.76 Å². The van der Waals surface area contributed by atoms with Gasteiger partial charge in [-0.15, -0.1) is 0 Å². The molecule has 0 radical (unpaired) electrons. The van der Waals surface area contributed by atoms with Crippen molar-refractivity contribution in [1.82, 2.24) is 0 Å². The molecular formula is C11H10O9.